The highest BCUT2D eigenvalue weighted by Crippen LogP contribution is 2.23. The molecule has 1 N–H and O–H groups in total. The van der Waals surface area contributed by atoms with Gasteiger partial charge in [-0.2, -0.15) is 5.26 Å². The van der Waals surface area contributed by atoms with Crippen molar-refractivity contribution in [2.45, 2.75) is 18.9 Å². The second kappa shape index (κ2) is 3.95. The van der Waals surface area contributed by atoms with Gasteiger partial charge in [-0.05, 0) is 31.5 Å². The third-order valence-electron chi connectivity index (χ3n) is 2.39. The van der Waals surface area contributed by atoms with Crippen LogP contribution in [0.5, 0.6) is 0 Å². The summed E-state index contributed by atoms with van der Waals surface area (Å²) in [6, 6.07) is 5.90. The first-order valence-corrected chi connectivity index (χ1v) is 4.99. The molecule has 0 spiro atoms. The fourth-order valence-corrected chi connectivity index (χ4v) is 1.81. The van der Waals surface area contributed by atoms with Crippen LogP contribution in [-0.2, 0) is 0 Å². The van der Waals surface area contributed by atoms with Gasteiger partial charge in [-0.25, -0.2) is 4.98 Å². The van der Waals surface area contributed by atoms with Crippen LogP contribution >= 0.6 is 11.6 Å². The average molecular weight is 208 g/mol. The van der Waals surface area contributed by atoms with Gasteiger partial charge >= 0.3 is 0 Å². The van der Waals surface area contributed by atoms with Crippen molar-refractivity contribution in [3.63, 3.8) is 0 Å². The highest BCUT2D eigenvalue weighted by Gasteiger charge is 2.18. The van der Waals surface area contributed by atoms with Crippen molar-refractivity contribution in [2.75, 3.05) is 6.54 Å². The van der Waals surface area contributed by atoms with Gasteiger partial charge in [0.15, 0.2) is 5.69 Å². The van der Waals surface area contributed by atoms with Gasteiger partial charge in [0.1, 0.15) is 6.07 Å². The third-order valence-corrected chi connectivity index (χ3v) is 2.70. The Bertz CT molecular complexity index is 377. The van der Waals surface area contributed by atoms with Gasteiger partial charge in [0, 0.05) is 6.04 Å². The van der Waals surface area contributed by atoms with Crippen LogP contribution in [0.1, 0.15) is 30.3 Å². The van der Waals surface area contributed by atoms with E-state index in [0.29, 0.717) is 16.8 Å². The van der Waals surface area contributed by atoms with Gasteiger partial charge in [-0.15, -0.1) is 0 Å². The first-order chi connectivity index (χ1) is 6.81. The number of pyridine rings is 1. The van der Waals surface area contributed by atoms with E-state index in [4.69, 9.17) is 16.9 Å². The van der Waals surface area contributed by atoms with Crippen LogP contribution in [0.25, 0.3) is 0 Å². The minimum absolute atomic E-state index is 0.291. The van der Waals surface area contributed by atoms with E-state index >= 15 is 0 Å². The van der Waals surface area contributed by atoms with Gasteiger partial charge in [-0.3, -0.25) is 0 Å². The largest absolute Gasteiger partial charge is 0.309 e. The summed E-state index contributed by atoms with van der Waals surface area (Å²) in [5.74, 6) is 0. The molecule has 0 radical (unpaired) electrons. The average Bonchev–Trinajstić information content (AvgIpc) is 2.71. The van der Waals surface area contributed by atoms with E-state index in [1.165, 1.54) is 0 Å². The molecule has 0 aromatic carbocycles. The Morgan fingerprint density at radius 3 is 3.07 bits per heavy atom. The molecule has 2 heterocycles. The Balaban J connectivity index is 2.31. The molecule has 1 aliphatic heterocycles. The predicted molar refractivity (Wildman–Crippen MR) is 53.9 cm³/mol. The van der Waals surface area contributed by atoms with Crippen LogP contribution in [0.2, 0.25) is 5.02 Å². The summed E-state index contributed by atoms with van der Waals surface area (Å²) in [6.45, 7) is 1.02. The minimum Gasteiger partial charge on any atom is -0.309 e. The highest BCUT2D eigenvalue weighted by molar-refractivity contribution is 6.31. The zero-order valence-corrected chi connectivity index (χ0v) is 8.38. The Morgan fingerprint density at radius 1 is 1.57 bits per heavy atom. The number of nitrogens with one attached hydrogen (secondary N) is 1. The van der Waals surface area contributed by atoms with Crippen LogP contribution in [0, 0.1) is 11.3 Å². The number of nitrogens with zero attached hydrogens (tertiary/aromatic N) is 2. The first kappa shape index (κ1) is 9.45. The standard InChI is InChI=1S/C10H10ClN3/c11-7-3-4-9(14-10(7)6-12)8-2-1-5-13-8/h3-4,8,13H,1-2,5H2/t8-/m1/s1. The van der Waals surface area contributed by atoms with Gasteiger partial charge in [0.25, 0.3) is 0 Å². The van der Waals surface area contributed by atoms with Gasteiger partial charge in [0.2, 0.25) is 0 Å². The van der Waals surface area contributed by atoms with Crippen LogP contribution in [0.3, 0.4) is 0 Å². The van der Waals surface area contributed by atoms with Crippen molar-refractivity contribution in [3.05, 3.63) is 28.5 Å². The van der Waals surface area contributed by atoms with Crippen LogP contribution in [-0.4, -0.2) is 11.5 Å². The topological polar surface area (TPSA) is 48.7 Å². The van der Waals surface area contributed by atoms with Crippen molar-refractivity contribution in [1.82, 2.24) is 10.3 Å². The van der Waals surface area contributed by atoms with Crippen LogP contribution in [0.15, 0.2) is 12.1 Å². The van der Waals surface area contributed by atoms with E-state index < -0.39 is 0 Å². The summed E-state index contributed by atoms with van der Waals surface area (Å²) < 4.78 is 0. The molecule has 4 heteroatoms. The molecule has 0 bridgehead atoms. The molecule has 1 aliphatic rings. The number of rotatable bonds is 1. The molecule has 72 valence electrons. The van der Waals surface area contributed by atoms with Crippen molar-refractivity contribution < 1.29 is 0 Å². The van der Waals surface area contributed by atoms with E-state index in [-0.39, 0.29) is 0 Å². The Labute approximate surface area is 87.7 Å². The van der Waals surface area contributed by atoms with Gasteiger partial charge < -0.3 is 5.32 Å². The number of aromatic nitrogens is 1. The smallest absolute Gasteiger partial charge is 0.159 e. The van der Waals surface area contributed by atoms with Gasteiger partial charge in [-0.1, -0.05) is 11.6 Å². The fraction of sp³-hybridized carbons (Fsp3) is 0.400. The predicted octanol–water partition coefficient (Wildman–Crippen LogP) is 2.03. The monoisotopic (exact) mass is 207 g/mol. The van der Waals surface area contributed by atoms with E-state index in [1.807, 2.05) is 12.1 Å². The zero-order valence-electron chi connectivity index (χ0n) is 7.63. The lowest BCUT2D eigenvalue weighted by atomic mass is 10.1. The van der Waals surface area contributed by atoms with Crippen molar-refractivity contribution >= 4 is 11.6 Å². The van der Waals surface area contributed by atoms with E-state index in [1.54, 1.807) is 6.07 Å². The van der Waals surface area contributed by atoms with Gasteiger partial charge in [0.05, 0.1) is 10.7 Å². The lowest BCUT2D eigenvalue weighted by Gasteiger charge is -2.09. The van der Waals surface area contributed by atoms with E-state index in [0.717, 1.165) is 25.1 Å². The molecule has 0 saturated carbocycles. The Kier molecular flexibility index (Phi) is 2.67. The fourth-order valence-electron chi connectivity index (χ4n) is 1.67. The summed E-state index contributed by atoms with van der Waals surface area (Å²) in [6.07, 6.45) is 2.25. The Morgan fingerprint density at radius 2 is 2.43 bits per heavy atom. The molecule has 0 aliphatic carbocycles. The zero-order chi connectivity index (χ0) is 9.97. The summed E-state index contributed by atoms with van der Waals surface area (Å²) in [5.41, 5.74) is 1.24. The number of halogens is 1. The molecule has 14 heavy (non-hydrogen) atoms. The molecule has 0 unspecified atom stereocenters. The van der Waals surface area contributed by atoms with Crippen molar-refractivity contribution in [1.29, 1.82) is 5.26 Å². The summed E-state index contributed by atoms with van der Waals surface area (Å²) in [7, 11) is 0. The molecule has 1 aromatic heterocycles. The maximum Gasteiger partial charge on any atom is 0.159 e. The lowest BCUT2D eigenvalue weighted by Crippen LogP contribution is -2.14. The van der Waals surface area contributed by atoms with Crippen molar-refractivity contribution in [3.8, 4) is 6.07 Å². The van der Waals surface area contributed by atoms with E-state index in [9.17, 15) is 0 Å². The summed E-state index contributed by atoms with van der Waals surface area (Å²) >= 11 is 5.80. The Hall–Kier alpha value is -1.11. The second-order valence-electron chi connectivity index (χ2n) is 3.33. The maximum absolute atomic E-state index is 8.77. The molecule has 3 nitrogen and oxygen atoms in total. The number of nitriles is 1. The number of hydrogen-bond acceptors (Lipinski definition) is 3. The maximum atomic E-state index is 8.77. The summed E-state index contributed by atoms with van der Waals surface area (Å²) in [4.78, 5) is 4.22. The molecule has 0 amide bonds. The normalized spacial score (nSPS) is 20.7. The van der Waals surface area contributed by atoms with Crippen molar-refractivity contribution in [2.24, 2.45) is 0 Å². The van der Waals surface area contributed by atoms with E-state index in [2.05, 4.69) is 10.3 Å². The molecule has 1 saturated heterocycles. The molecule has 2 rings (SSSR count). The van der Waals surface area contributed by atoms with Crippen LogP contribution in [0.4, 0.5) is 0 Å². The minimum atomic E-state index is 0.291. The number of hydrogen-bond donors (Lipinski definition) is 1. The molecular formula is C10H10ClN3. The van der Waals surface area contributed by atoms with Crippen LogP contribution < -0.4 is 5.32 Å². The first-order valence-electron chi connectivity index (χ1n) is 4.61. The second-order valence-corrected chi connectivity index (χ2v) is 3.73. The highest BCUT2D eigenvalue weighted by atomic mass is 35.5. The molecular weight excluding hydrogens is 198 g/mol. The molecule has 1 fully saturated rings. The molecule has 1 atom stereocenters. The quantitative estimate of drug-likeness (QED) is 0.767. The summed E-state index contributed by atoms with van der Waals surface area (Å²) in [5, 5.41) is 12.5. The third kappa shape index (κ3) is 1.72. The lowest BCUT2D eigenvalue weighted by molar-refractivity contribution is 0.627. The SMILES string of the molecule is N#Cc1nc([C@H]2CCCN2)ccc1Cl. The molecule has 1 aromatic rings.